The fourth-order valence-electron chi connectivity index (χ4n) is 2.64. The quantitative estimate of drug-likeness (QED) is 0.790. The molecule has 0 unspecified atom stereocenters. The molecule has 3 atom stereocenters. The Bertz CT molecular complexity index is 653. The lowest BCUT2D eigenvalue weighted by molar-refractivity contribution is 0.103. The molecule has 0 saturated carbocycles. The van der Waals surface area contributed by atoms with Crippen LogP contribution < -0.4 is 10.1 Å². The Hall–Kier alpha value is -0.670. The first-order valence-corrected chi connectivity index (χ1v) is 9.78. The van der Waals surface area contributed by atoms with E-state index in [1.165, 1.54) is 10.4 Å². The minimum atomic E-state index is -3.73. The van der Waals surface area contributed by atoms with Gasteiger partial charge in [-0.3, -0.25) is 0 Å². The second-order valence-corrected chi connectivity index (χ2v) is 8.66. The molecule has 0 fully saturated rings. The molecule has 1 aromatic rings. The van der Waals surface area contributed by atoms with Crippen LogP contribution in [0, 0.1) is 5.92 Å². The fourth-order valence-corrected chi connectivity index (χ4v) is 4.81. The molecule has 8 heteroatoms. The number of sulfonamides is 1. The Labute approximate surface area is 146 Å². The molecule has 2 rings (SSSR count). The monoisotopic (exact) mass is 406 g/mol. The molecular formula is C15H23BrN2O4S. The Balaban J connectivity index is 2.58. The van der Waals surface area contributed by atoms with Crippen LogP contribution in [0.5, 0.6) is 5.75 Å². The highest BCUT2D eigenvalue weighted by molar-refractivity contribution is 9.10. The van der Waals surface area contributed by atoms with Crippen LogP contribution in [0.15, 0.2) is 27.6 Å². The summed E-state index contributed by atoms with van der Waals surface area (Å²) >= 11 is 3.36. The smallest absolute Gasteiger partial charge is 0.247 e. The zero-order valence-electron chi connectivity index (χ0n) is 13.5. The van der Waals surface area contributed by atoms with Crippen molar-refractivity contribution in [2.45, 2.75) is 30.9 Å². The molecule has 1 aromatic carbocycles. The molecule has 0 radical (unpaired) electrons. The Morgan fingerprint density at radius 2 is 2.22 bits per heavy atom. The van der Waals surface area contributed by atoms with Gasteiger partial charge in [-0.25, -0.2) is 8.42 Å². The highest BCUT2D eigenvalue weighted by Crippen LogP contribution is 2.34. The van der Waals surface area contributed by atoms with Gasteiger partial charge in [-0.15, -0.1) is 0 Å². The van der Waals surface area contributed by atoms with Crippen molar-refractivity contribution in [2.75, 3.05) is 26.7 Å². The van der Waals surface area contributed by atoms with Gasteiger partial charge in [0.25, 0.3) is 0 Å². The van der Waals surface area contributed by atoms with Crippen molar-refractivity contribution in [3.8, 4) is 5.75 Å². The van der Waals surface area contributed by atoms with Crippen LogP contribution in [0.2, 0.25) is 0 Å². The van der Waals surface area contributed by atoms with Gasteiger partial charge in [0, 0.05) is 29.5 Å². The van der Waals surface area contributed by atoms with E-state index < -0.39 is 16.1 Å². The Kier molecular flexibility index (Phi) is 6.07. The van der Waals surface area contributed by atoms with Gasteiger partial charge in [-0.2, -0.15) is 4.31 Å². The number of benzene rings is 1. The number of aliphatic hydroxyl groups excluding tert-OH is 1. The molecule has 2 N–H and O–H groups in total. The van der Waals surface area contributed by atoms with Crippen molar-refractivity contribution in [2.24, 2.45) is 5.92 Å². The maximum atomic E-state index is 13.0. The van der Waals surface area contributed by atoms with Crippen molar-refractivity contribution in [1.29, 1.82) is 0 Å². The van der Waals surface area contributed by atoms with Gasteiger partial charge in [-0.1, -0.05) is 22.9 Å². The van der Waals surface area contributed by atoms with Gasteiger partial charge >= 0.3 is 0 Å². The number of likely N-dealkylation sites (N-methyl/N-ethyl adjacent to an activating group) is 1. The number of halogens is 1. The Morgan fingerprint density at radius 3 is 2.83 bits per heavy atom. The maximum absolute atomic E-state index is 13.0. The van der Waals surface area contributed by atoms with E-state index in [2.05, 4.69) is 21.2 Å². The second kappa shape index (κ2) is 7.48. The summed E-state index contributed by atoms with van der Waals surface area (Å²) in [5, 5.41) is 12.6. The standard InChI is InChI=1S/C15H23BrN2O4S/c1-10-8-18(11(2)9-19)23(20,21)15-5-4-12(16)6-13(15)22-14(10)7-17-3/h4-6,10-11,14,17,19H,7-9H2,1-3H3/t10-,11-,14-/m1/s1. The summed E-state index contributed by atoms with van der Waals surface area (Å²) in [7, 11) is -1.90. The zero-order valence-corrected chi connectivity index (χ0v) is 15.9. The molecular weight excluding hydrogens is 384 g/mol. The van der Waals surface area contributed by atoms with Gasteiger partial charge in [0.15, 0.2) is 0 Å². The number of hydrogen-bond donors (Lipinski definition) is 2. The number of hydrogen-bond acceptors (Lipinski definition) is 5. The SMILES string of the molecule is CNC[C@H]1Oc2cc(Br)ccc2S(=O)(=O)N([C@H](C)CO)C[C@H]1C. The van der Waals surface area contributed by atoms with E-state index >= 15 is 0 Å². The predicted molar refractivity (Wildman–Crippen MR) is 92.1 cm³/mol. The van der Waals surface area contributed by atoms with Crippen LogP contribution in [0.3, 0.4) is 0 Å². The minimum Gasteiger partial charge on any atom is -0.487 e. The highest BCUT2D eigenvalue weighted by Gasteiger charge is 2.37. The van der Waals surface area contributed by atoms with Gasteiger partial charge in [-0.05, 0) is 32.2 Å². The molecule has 6 nitrogen and oxygen atoms in total. The van der Waals surface area contributed by atoms with Gasteiger partial charge in [0.05, 0.1) is 6.61 Å². The number of fused-ring (bicyclic) bond motifs is 1. The van der Waals surface area contributed by atoms with E-state index in [9.17, 15) is 13.5 Å². The first-order valence-electron chi connectivity index (χ1n) is 7.54. The highest BCUT2D eigenvalue weighted by atomic mass is 79.9. The average Bonchev–Trinajstić information content (AvgIpc) is 2.50. The molecule has 23 heavy (non-hydrogen) atoms. The van der Waals surface area contributed by atoms with Crippen molar-refractivity contribution in [3.05, 3.63) is 22.7 Å². The van der Waals surface area contributed by atoms with Gasteiger partial charge < -0.3 is 15.2 Å². The summed E-state index contributed by atoms with van der Waals surface area (Å²) < 4.78 is 34.1. The van der Waals surface area contributed by atoms with Crippen LogP contribution in [0.1, 0.15) is 13.8 Å². The summed E-state index contributed by atoms with van der Waals surface area (Å²) in [6.45, 7) is 4.34. The summed E-state index contributed by atoms with van der Waals surface area (Å²) in [6, 6.07) is 4.40. The molecule has 1 heterocycles. The molecule has 0 aromatic heterocycles. The number of ether oxygens (including phenoxy) is 1. The van der Waals surface area contributed by atoms with Gasteiger partial charge in [0.2, 0.25) is 10.0 Å². The number of nitrogens with zero attached hydrogens (tertiary/aromatic N) is 1. The zero-order chi connectivity index (χ0) is 17.2. The van der Waals surface area contributed by atoms with Crippen molar-refractivity contribution < 1.29 is 18.3 Å². The number of rotatable bonds is 4. The summed E-state index contributed by atoms with van der Waals surface area (Å²) in [5.41, 5.74) is 0. The van der Waals surface area contributed by atoms with Crippen molar-refractivity contribution in [3.63, 3.8) is 0 Å². The van der Waals surface area contributed by atoms with Crippen LogP contribution in [-0.2, 0) is 10.0 Å². The third-order valence-electron chi connectivity index (χ3n) is 4.03. The van der Waals surface area contributed by atoms with E-state index in [0.717, 1.165) is 4.47 Å². The summed E-state index contributed by atoms with van der Waals surface area (Å²) in [5.74, 6) is 0.305. The second-order valence-electron chi connectivity index (χ2n) is 5.89. The third kappa shape index (κ3) is 3.88. The molecule has 0 amide bonds. The first-order chi connectivity index (χ1) is 10.8. The van der Waals surface area contributed by atoms with Crippen LogP contribution in [0.4, 0.5) is 0 Å². The molecule has 0 aliphatic carbocycles. The maximum Gasteiger partial charge on any atom is 0.247 e. The van der Waals surface area contributed by atoms with E-state index in [4.69, 9.17) is 4.74 Å². The van der Waals surface area contributed by atoms with E-state index in [1.54, 1.807) is 19.1 Å². The summed E-state index contributed by atoms with van der Waals surface area (Å²) in [6.07, 6.45) is -0.169. The molecule has 1 aliphatic rings. The molecule has 0 saturated heterocycles. The van der Waals surface area contributed by atoms with E-state index in [-0.39, 0.29) is 23.5 Å². The molecule has 130 valence electrons. The molecule has 0 spiro atoms. The normalized spacial score (nSPS) is 25.8. The van der Waals surface area contributed by atoms with Crippen molar-refractivity contribution >= 4 is 26.0 Å². The lowest BCUT2D eigenvalue weighted by atomic mass is 10.0. The Morgan fingerprint density at radius 1 is 1.52 bits per heavy atom. The lowest BCUT2D eigenvalue weighted by Gasteiger charge is -2.36. The van der Waals surface area contributed by atoms with Gasteiger partial charge in [0.1, 0.15) is 16.7 Å². The fraction of sp³-hybridized carbons (Fsp3) is 0.600. The first kappa shape index (κ1) is 18.7. The molecule has 1 aliphatic heterocycles. The summed E-state index contributed by atoms with van der Waals surface area (Å²) in [4.78, 5) is 0.133. The third-order valence-corrected chi connectivity index (χ3v) is 6.55. The van der Waals surface area contributed by atoms with E-state index in [1.807, 2.05) is 14.0 Å². The molecule has 0 bridgehead atoms. The minimum absolute atomic E-state index is 0.0293. The number of aliphatic hydroxyl groups is 1. The van der Waals surface area contributed by atoms with Crippen LogP contribution >= 0.6 is 15.9 Å². The van der Waals surface area contributed by atoms with Crippen LogP contribution in [-0.4, -0.2) is 56.7 Å². The largest absolute Gasteiger partial charge is 0.487 e. The van der Waals surface area contributed by atoms with E-state index in [0.29, 0.717) is 18.8 Å². The lowest BCUT2D eigenvalue weighted by Crippen LogP contribution is -2.49. The number of nitrogens with one attached hydrogen (secondary N) is 1. The topological polar surface area (TPSA) is 78.9 Å². The van der Waals surface area contributed by atoms with Crippen molar-refractivity contribution in [1.82, 2.24) is 9.62 Å². The average molecular weight is 407 g/mol. The van der Waals surface area contributed by atoms with Crippen LogP contribution in [0.25, 0.3) is 0 Å². The predicted octanol–water partition coefficient (Wildman–Crippen LogP) is 1.44.